The lowest BCUT2D eigenvalue weighted by Crippen LogP contribution is -2.23. The maximum Gasteiger partial charge on any atom is 0.248 e. The van der Waals surface area contributed by atoms with E-state index in [-0.39, 0.29) is 24.7 Å². The number of anilines is 1. The minimum atomic E-state index is -2.52. The van der Waals surface area contributed by atoms with Gasteiger partial charge in [0.05, 0.1) is 17.6 Å². The molecule has 1 amide bonds. The summed E-state index contributed by atoms with van der Waals surface area (Å²) in [4.78, 5) is 15.8. The lowest BCUT2D eigenvalue weighted by Gasteiger charge is -2.26. The van der Waals surface area contributed by atoms with Gasteiger partial charge in [-0.15, -0.1) is 0 Å². The minimum absolute atomic E-state index is 0.0652. The van der Waals surface area contributed by atoms with Crippen LogP contribution in [0.4, 0.5) is 14.5 Å². The van der Waals surface area contributed by atoms with E-state index in [0.29, 0.717) is 29.9 Å². The number of alkyl halides is 2. The van der Waals surface area contributed by atoms with Crippen molar-refractivity contribution in [1.82, 2.24) is 14.8 Å². The third-order valence-electron chi connectivity index (χ3n) is 4.45. The maximum atomic E-state index is 13.2. The van der Waals surface area contributed by atoms with Crippen LogP contribution in [-0.4, -0.2) is 26.6 Å². The van der Waals surface area contributed by atoms with Crippen molar-refractivity contribution in [3.05, 3.63) is 36.7 Å². The number of rotatable bonds is 4. The van der Waals surface area contributed by atoms with Crippen LogP contribution in [0.25, 0.3) is 17.1 Å². The van der Waals surface area contributed by atoms with Crippen LogP contribution < -0.4 is 5.32 Å². The summed E-state index contributed by atoms with van der Waals surface area (Å²) in [6.07, 6.45) is 7.38. The number of nitrogens with one attached hydrogen (secondary N) is 1. The number of carbonyl (C=O) groups is 1. The Hall–Kier alpha value is -2.57. The molecule has 2 aromatic rings. The normalized spacial score (nSPS) is 17.9. The lowest BCUT2D eigenvalue weighted by molar-refractivity contribution is -0.111. The standard InChI is InChI=1S/C18H20F2N4O/c1-3-16(25)22-13-10-14-15(23-24(2)17(14)21-11-13)5-4-12-6-8-18(19,20)9-7-12/h3-5,10-12H,1,6-9H2,2H3,(H,22,25). The van der Waals surface area contributed by atoms with Crippen LogP contribution in [0.5, 0.6) is 0 Å². The van der Waals surface area contributed by atoms with Crippen LogP contribution in [0.3, 0.4) is 0 Å². The zero-order valence-electron chi connectivity index (χ0n) is 14.0. The zero-order valence-corrected chi connectivity index (χ0v) is 14.0. The molecule has 7 heteroatoms. The van der Waals surface area contributed by atoms with Gasteiger partial charge in [0.2, 0.25) is 11.8 Å². The van der Waals surface area contributed by atoms with Crippen molar-refractivity contribution in [2.75, 3.05) is 5.32 Å². The number of fused-ring (bicyclic) bond motifs is 1. The number of allylic oxidation sites excluding steroid dienone is 1. The zero-order chi connectivity index (χ0) is 18.0. The van der Waals surface area contributed by atoms with Crippen LogP contribution in [0.2, 0.25) is 0 Å². The second-order valence-electron chi connectivity index (χ2n) is 6.35. The molecule has 1 fully saturated rings. The Labute approximate surface area is 144 Å². The number of nitrogens with zero attached hydrogens (tertiary/aromatic N) is 3. The van der Waals surface area contributed by atoms with Crippen LogP contribution in [-0.2, 0) is 11.8 Å². The van der Waals surface area contributed by atoms with Gasteiger partial charge in [0, 0.05) is 25.3 Å². The first-order chi connectivity index (χ1) is 11.9. The second kappa shape index (κ2) is 6.74. The van der Waals surface area contributed by atoms with E-state index < -0.39 is 5.92 Å². The van der Waals surface area contributed by atoms with E-state index in [0.717, 1.165) is 5.39 Å². The van der Waals surface area contributed by atoms with Crippen molar-refractivity contribution in [2.45, 2.75) is 31.6 Å². The molecule has 132 valence electrons. The number of carbonyl (C=O) groups excluding carboxylic acids is 1. The molecule has 1 aliphatic carbocycles. The molecule has 25 heavy (non-hydrogen) atoms. The average Bonchev–Trinajstić information content (AvgIpc) is 2.89. The molecule has 2 aromatic heterocycles. The van der Waals surface area contributed by atoms with Crippen molar-refractivity contribution in [3.8, 4) is 0 Å². The summed E-state index contributed by atoms with van der Waals surface area (Å²) < 4.78 is 28.1. The molecule has 3 rings (SSSR count). The maximum absolute atomic E-state index is 13.2. The van der Waals surface area contributed by atoms with Crippen molar-refractivity contribution < 1.29 is 13.6 Å². The number of aromatic nitrogens is 3. The van der Waals surface area contributed by atoms with Crippen LogP contribution >= 0.6 is 0 Å². The molecule has 0 aromatic carbocycles. The SMILES string of the molecule is C=CC(=O)Nc1cnc2c(c1)c(C=CC1CCC(F)(F)CC1)nn2C. The summed E-state index contributed by atoms with van der Waals surface area (Å²) in [5.74, 6) is -2.71. The second-order valence-corrected chi connectivity index (χ2v) is 6.35. The van der Waals surface area contributed by atoms with Gasteiger partial charge in [0.25, 0.3) is 0 Å². The fourth-order valence-corrected chi connectivity index (χ4v) is 3.03. The molecule has 0 saturated heterocycles. The molecule has 1 saturated carbocycles. The van der Waals surface area contributed by atoms with Gasteiger partial charge in [0.15, 0.2) is 5.65 Å². The molecule has 1 aliphatic rings. The molecule has 1 N–H and O–H groups in total. The first-order valence-corrected chi connectivity index (χ1v) is 8.20. The van der Waals surface area contributed by atoms with Crippen LogP contribution in [0.15, 0.2) is 31.0 Å². The average molecular weight is 346 g/mol. The van der Waals surface area contributed by atoms with Gasteiger partial charge in [-0.3, -0.25) is 4.79 Å². The molecular weight excluding hydrogens is 326 g/mol. The summed E-state index contributed by atoms with van der Waals surface area (Å²) in [7, 11) is 1.79. The number of pyridine rings is 1. The van der Waals surface area contributed by atoms with Crippen molar-refractivity contribution in [1.29, 1.82) is 0 Å². The molecule has 0 unspecified atom stereocenters. The summed E-state index contributed by atoms with van der Waals surface area (Å²) in [6.45, 7) is 3.42. The summed E-state index contributed by atoms with van der Waals surface area (Å²) >= 11 is 0. The first kappa shape index (κ1) is 17.3. The minimum Gasteiger partial charge on any atom is -0.321 e. The van der Waals surface area contributed by atoms with Gasteiger partial charge in [-0.1, -0.05) is 12.7 Å². The van der Waals surface area contributed by atoms with E-state index in [1.807, 2.05) is 12.2 Å². The Balaban J connectivity index is 1.83. The summed E-state index contributed by atoms with van der Waals surface area (Å²) in [5, 5.41) is 7.89. The van der Waals surface area contributed by atoms with Gasteiger partial charge in [-0.25, -0.2) is 18.4 Å². The van der Waals surface area contributed by atoms with E-state index in [9.17, 15) is 13.6 Å². The molecule has 0 radical (unpaired) electrons. The van der Waals surface area contributed by atoms with Crippen LogP contribution in [0, 0.1) is 5.92 Å². The van der Waals surface area contributed by atoms with Crippen molar-refractivity contribution >= 4 is 28.7 Å². The van der Waals surface area contributed by atoms with E-state index in [2.05, 4.69) is 22.0 Å². The highest BCUT2D eigenvalue weighted by molar-refractivity contribution is 6.00. The van der Waals surface area contributed by atoms with Gasteiger partial charge in [0.1, 0.15) is 0 Å². The predicted octanol–water partition coefficient (Wildman–Crippen LogP) is 3.93. The molecule has 0 bridgehead atoms. The highest BCUT2D eigenvalue weighted by Crippen LogP contribution is 2.37. The summed E-state index contributed by atoms with van der Waals surface area (Å²) in [5.41, 5.74) is 1.95. The van der Waals surface area contributed by atoms with E-state index >= 15 is 0 Å². The van der Waals surface area contributed by atoms with Crippen molar-refractivity contribution in [3.63, 3.8) is 0 Å². The first-order valence-electron chi connectivity index (χ1n) is 8.20. The molecule has 5 nitrogen and oxygen atoms in total. The molecule has 0 atom stereocenters. The van der Waals surface area contributed by atoms with Crippen molar-refractivity contribution in [2.24, 2.45) is 13.0 Å². The highest BCUT2D eigenvalue weighted by Gasteiger charge is 2.33. The molecular formula is C18H20F2N4O. The lowest BCUT2D eigenvalue weighted by atomic mass is 9.86. The van der Waals surface area contributed by atoms with Gasteiger partial charge >= 0.3 is 0 Å². The largest absolute Gasteiger partial charge is 0.321 e. The Kier molecular flexibility index (Phi) is 4.65. The quantitative estimate of drug-likeness (QED) is 0.853. The Morgan fingerprint density at radius 3 is 2.84 bits per heavy atom. The number of aryl methyl sites for hydroxylation is 1. The third-order valence-corrected chi connectivity index (χ3v) is 4.45. The smallest absolute Gasteiger partial charge is 0.248 e. The number of hydrogen-bond donors (Lipinski definition) is 1. The third kappa shape index (κ3) is 3.92. The molecule has 2 heterocycles. The number of halogens is 2. The van der Waals surface area contributed by atoms with Gasteiger partial charge in [-0.2, -0.15) is 5.10 Å². The Morgan fingerprint density at radius 2 is 2.16 bits per heavy atom. The predicted molar refractivity (Wildman–Crippen MR) is 93.3 cm³/mol. The van der Waals surface area contributed by atoms with Gasteiger partial charge < -0.3 is 5.32 Å². The number of amides is 1. The van der Waals surface area contributed by atoms with E-state index in [1.165, 1.54) is 6.08 Å². The number of hydrogen-bond acceptors (Lipinski definition) is 3. The monoisotopic (exact) mass is 346 g/mol. The molecule has 0 aliphatic heterocycles. The summed E-state index contributed by atoms with van der Waals surface area (Å²) in [6, 6.07) is 1.80. The highest BCUT2D eigenvalue weighted by atomic mass is 19.3. The van der Waals surface area contributed by atoms with E-state index in [4.69, 9.17) is 0 Å². The topological polar surface area (TPSA) is 59.8 Å². The van der Waals surface area contributed by atoms with Crippen LogP contribution in [0.1, 0.15) is 31.4 Å². The molecule has 0 spiro atoms. The van der Waals surface area contributed by atoms with Gasteiger partial charge in [-0.05, 0) is 37.0 Å². The fourth-order valence-electron chi connectivity index (χ4n) is 3.03. The fraction of sp³-hybridized carbons (Fsp3) is 0.389. The Bertz CT molecular complexity index is 831. The van der Waals surface area contributed by atoms with E-state index in [1.54, 1.807) is 24.0 Å². The Morgan fingerprint density at radius 1 is 1.44 bits per heavy atom.